The Bertz CT molecular complexity index is 476. The Kier molecular flexibility index (Phi) is 3.47. The number of benzene rings is 1. The summed E-state index contributed by atoms with van der Waals surface area (Å²) in [6.07, 6.45) is 5.79. The maximum absolute atomic E-state index is 12.1. The Hall–Kier alpha value is -1.48. The summed E-state index contributed by atoms with van der Waals surface area (Å²) in [4.78, 5) is 13.1. The summed E-state index contributed by atoms with van der Waals surface area (Å²) < 4.78 is 1.89. The van der Waals surface area contributed by atoms with Crippen LogP contribution in [0, 0.1) is 0 Å². The number of rotatable bonds is 4. The highest BCUT2D eigenvalue weighted by atomic mass is 32.2. The summed E-state index contributed by atoms with van der Waals surface area (Å²) in [6, 6.07) is 11.6. The summed E-state index contributed by atoms with van der Waals surface area (Å²) in [5.74, 6) is 0.154. The highest BCUT2D eigenvalue weighted by Crippen LogP contribution is 2.20. The fraction of sp³-hybridized carbons (Fsp3) is 0.154. The van der Waals surface area contributed by atoms with Crippen molar-refractivity contribution >= 4 is 17.5 Å². The molecule has 1 heterocycles. The molecule has 0 unspecified atom stereocenters. The molecule has 3 heteroatoms. The number of hydrogen-bond acceptors (Lipinski definition) is 2. The van der Waals surface area contributed by atoms with Gasteiger partial charge in [0.05, 0.1) is 6.54 Å². The minimum atomic E-state index is 0.154. The third-order valence-electron chi connectivity index (χ3n) is 2.40. The van der Waals surface area contributed by atoms with Crippen LogP contribution in [-0.4, -0.2) is 16.6 Å². The van der Waals surface area contributed by atoms with Gasteiger partial charge in [-0.3, -0.25) is 4.79 Å². The highest BCUT2D eigenvalue weighted by molar-refractivity contribution is 7.98. The van der Waals surface area contributed by atoms with Gasteiger partial charge in [-0.05, 0) is 24.5 Å². The standard InChI is InChI=1S/C13H13NOS/c1-16-13-7-3-2-6-11(13)12(15)10-14-8-4-5-9-14/h2-9H,10H2,1H3. The molecule has 0 amide bonds. The lowest BCUT2D eigenvalue weighted by Gasteiger charge is -2.06. The molecule has 16 heavy (non-hydrogen) atoms. The SMILES string of the molecule is CSc1ccccc1C(=O)Cn1cccc1. The number of hydrogen-bond donors (Lipinski definition) is 0. The van der Waals surface area contributed by atoms with Gasteiger partial charge in [-0.25, -0.2) is 0 Å². The van der Waals surface area contributed by atoms with E-state index in [1.165, 1.54) is 0 Å². The van der Waals surface area contributed by atoms with Crippen LogP contribution in [0.5, 0.6) is 0 Å². The minimum absolute atomic E-state index is 0.154. The van der Waals surface area contributed by atoms with Gasteiger partial charge in [-0.2, -0.15) is 0 Å². The van der Waals surface area contributed by atoms with E-state index in [4.69, 9.17) is 0 Å². The molecular formula is C13H13NOS. The number of aromatic nitrogens is 1. The van der Waals surface area contributed by atoms with Crippen LogP contribution in [0.2, 0.25) is 0 Å². The molecule has 0 N–H and O–H groups in total. The van der Waals surface area contributed by atoms with Crippen molar-refractivity contribution < 1.29 is 4.79 Å². The molecule has 82 valence electrons. The van der Waals surface area contributed by atoms with E-state index >= 15 is 0 Å². The first-order valence-corrected chi connectivity index (χ1v) is 6.30. The zero-order valence-corrected chi connectivity index (χ0v) is 9.91. The lowest BCUT2D eigenvalue weighted by molar-refractivity contribution is 0.0969. The van der Waals surface area contributed by atoms with Gasteiger partial charge in [-0.15, -0.1) is 11.8 Å². The van der Waals surface area contributed by atoms with Gasteiger partial charge in [0.1, 0.15) is 0 Å². The van der Waals surface area contributed by atoms with Gasteiger partial charge >= 0.3 is 0 Å². The Labute approximate surface area is 99.3 Å². The second-order valence-corrected chi connectivity index (χ2v) is 4.33. The van der Waals surface area contributed by atoms with E-state index in [-0.39, 0.29) is 5.78 Å². The molecule has 0 aliphatic rings. The van der Waals surface area contributed by atoms with Crippen LogP contribution in [-0.2, 0) is 6.54 Å². The van der Waals surface area contributed by atoms with Crippen LogP contribution in [0.3, 0.4) is 0 Å². The van der Waals surface area contributed by atoms with Gasteiger partial charge in [0.15, 0.2) is 5.78 Å². The predicted molar refractivity (Wildman–Crippen MR) is 67.0 cm³/mol. The van der Waals surface area contributed by atoms with Gasteiger partial charge < -0.3 is 4.57 Å². The average Bonchev–Trinajstić information content (AvgIpc) is 2.81. The van der Waals surface area contributed by atoms with E-state index in [9.17, 15) is 4.79 Å². The molecule has 1 aromatic heterocycles. The summed E-state index contributed by atoms with van der Waals surface area (Å²) in [6.45, 7) is 0.407. The van der Waals surface area contributed by atoms with E-state index in [1.807, 2.05) is 59.6 Å². The first-order chi connectivity index (χ1) is 7.81. The fourth-order valence-corrected chi connectivity index (χ4v) is 2.22. The van der Waals surface area contributed by atoms with E-state index in [2.05, 4.69) is 0 Å². The molecule has 0 saturated heterocycles. The maximum atomic E-state index is 12.1. The fourth-order valence-electron chi connectivity index (χ4n) is 1.60. The van der Waals surface area contributed by atoms with E-state index in [1.54, 1.807) is 11.8 Å². The Morgan fingerprint density at radius 3 is 2.56 bits per heavy atom. The van der Waals surface area contributed by atoms with Crippen molar-refractivity contribution in [2.75, 3.05) is 6.26 Å². The molecule has 0 bridgehead atoms. The number of Topliss-reactive ketones (excluding diaryl/α,β-unsaturated/α-hetero) is 1. The number of thioether (sulfide) groups is 1. The normalized spacial score (nSPS) is 10.3. The molecule has 0 aliphatic heterocycles. The number of carbonyl (C=O) groups is 1. The van der Waals surface area contributed by atoms with Crippen molar-refractivity contribution in [3.05, 3.63) is 54.4 Å². The lowest BCUT2D eigenvalue weighted by Crippen LogP contribution is -2.09. The largest absolute Gasteiger partial charge is 0.347 e. The summed E-state index contributed by atoms with van der Waals surface area (Å²) in [5, 5.41) is 0. The van der Waals surface area contributed by atoms with Gasteiger partial charge in [0, 0.05) is 22.9 Å². The second kappa shape index (κ2) is 5.03. The first-order valence-electron chi connectivity index (χ1n) is 5.08. The van der Waals surface area contributed by atoms with Gasteiger partial charge in [0.25, 0.3) is 0 Å². The van der Waals surface area contributed by atoms with Crippen LogP contribution < -0.4 is 0 Å². The van der Waals surface area contributed by atoms with Crippen molar-refractivity contribution in [1.82, 2.24) is 4.57 Å². The van der Waals surface area contributed by atoms with Crippen molar-refractivity contribution in [2.45, 2.75) is 11.4 Å². The van der Waals surface area contributed by atoms with Crippen LogP contribution >= 0.6 is 11.8 Å². The number of carbonyl (C=O) groups excluding carboxylic acids is 1. The topological polar surface area (TPSA) is 22.0 Å². The number of nitrogens with zero attached hydrogens (tertiary/aromatic N) is 1. The Balaban J connectivity index is 2.21. The highest BCUT2D eigenvalue weighted by Gasteiger charge is 2.10. The molecule has 0 fully saturated rings. The van der Waals surface area contributed by atoms with Gasteiger partial charge in [-0.1, -0.05) is 18.2 Å². The van der Waals surface area contributed by atoms with E-state index in [0.29, 0.717) is 6.54 Å². The molecule has 0 spiro atoms. The third kappa shape index (κ3) is 2.36. The second-order valence-electron chi connectivity index (χ2n) is 3.48. The Morgan fingerprint density at radius 1 is 1.19 bits per heavy atom. The minimum Gasteiger partial charge on any atom is -0.347 e. The van der Waals surface area contributed by atoms with E-state index in [0.717, 1.165) is 10.5 Å². The Morgan fingerprint density at radius 2 is 1.88 bits per heavy atom. The maximum Gasteiger partial charge on any atom is 0.183 e. The molecule has 2 rings (SSSR count). The molecule has 2 nitrogen and oxygen atoms in total. The molecule has 0 atom stereocenters. The number of ketones is 1. The predicted octanol–water partition coefficient (Wildman–Crippen LogP) is 3.09. The lowest BCUT2D eigenvalue weighted by atomic mass is 10.1. The third-order valence-corrected chi connectivity index (χ3v) is 3.20. The van der Waals surface area contributed by atoms with Crippen molar-refractivity contribution in [3.8, 4) is 0 Å². The van der Waals surface area contributed by atoms with Crippen molar-refractivity contribution in [2.24, 2.45) is 0 Å². The molecule has 0 aliphatic carbocycles. The quantitative estimate of drug-likeness (QED) is 0.596. The molecule has 0 saturated carbocycles. The molecule has 0 radical (unpaired) electrons. The van der Waals surface area contributed by atoms with Crippen LogP contribution in [0.4, 0.5) is 0 Å². The average molecular weight is 231 g/mol. The van der Waals surface area contributed by atoms with Crippen molar-refractivity contribution in [1.29, 1.82) is 0 Å². The molecular weight excluding hydrogens is 218 g/mol. The monoisotopic (exact) mass is 231 g/mol. The van der Waals surface area contributed by atoms with E-state index < -0.39 is 0 Å². The molecule has 1 aromatic carbocycles. The van der Waals surface area contributed by atoms with Crippen LogP contribution in [0.15, 0.2) is 53.7 Å². The summed E-state index contributed by atoms with van der Waals surface area (Å²) >= 11 is 1.61. The van der Waals surface area contributed by atoms with Crippen molar-refractivity contribution in [3.63, 3.8) is 0 Å². The van der Waals surface area contributed by atoms with Crippen LogP contribution in [0.1, 0.15) is 10.4 Å². The zero-order chi connectivity index (χ0) is 11.4. The summed E-state index contributed by atoms with van der Waals surface area (Å²) in [7, 11) is 0. The summed E-state index contributed by atoms with van der Waals surface area (Å²) in [5.41, 5.74) is 0.809. The smallest absolute Gasteiger partial charge is 0.183 e. The molecule has 2 aromatic rings. The van der Waals surface area contributed by atoms with Gasteiger partial charge in [0.2, 0.25) is 0 Å². The zero-order valence-electron chi connectivity index (χ0n) is 9.09. The van der Waals surface area contributed by atoms with Crippen LogP contribution in [0.25, 0.3) is 0 Å². The first kappa shape index (κ1) is 11.0.